The molecule has 2 aromatic rings. The number of benzene rings is 2. The van der Waals surface area contributed by atoms with Gasteiger partial charge in [-0.1, -0.05) is 31.5 Å². The standard InChI is InChI=1S/C28H38N4O3/c1-6-30(7-2)28(35)24-19-23(29-26(33)20(3)4)13-14-25(24)31-15-8-16-32(18-17-31)27(34)22-11-9-21(5)10-12-22/h9-14,19-20H,6-8,15-18H2,1-5H3,(H,29,33). The monoisotopic (exact) mass is 478 g/mol. The summed E-state index contributed by atoms with van der Waals surface area (Å²) in [6.45, 7) is 13.5. The fraction of sp³-hybridized carbons (Fsp3) is 0.464. The van der Waals surface area contributed by atoms with Gasteiger partial charge in [0.2, 0.25) is 5.91 Å². The number of amides is 3. The quantitative estimate of drug-likeness (QED) is 0.639. The van der Waals surface area contributed by atoms with Crippen LogP contribution in [0.15, 0.2) is 42.5 Å². The Labute approximate surface area is 209 Å². The molecule has 0 bridgehead atoms. The molecule has 1 fully saturated rings. The number of hydrogen-bond donors (Lipinski definition) is 1. The molecule has 7 heteroatoms. The predicted molar refractivity (Wildman–Crippen MR) is 141 cm³/mol. The summed E-state index contributed by atoms with van der Waals surface area (Å²) in [5, 5.41) is 2.92. The summed E-state index contributed by atoms with van der Waals surface area (Å²) in [4.78, 5) is 44.6. The highest BCUT2D eigenvalue weighted by atomic mass is 16.2. The third-order valence-corrected chi connectivity index (χ3v) is 6.49. The van der Waals surface area contributed by atoms with Crippen molar-refractivity contribution in [2.75, 3.05) is 49.5 Å². The first-order chi connectivity index (χ1) is 16.7. The lowest BCUT2D eigenvalue weighted by atomic mass is 10.1. The van der Waals surface area contributed by atoms with Crippen molar-refractivity contribution in [3.8, 4) is 0 Å². The van der Waals surface area contributed by atoms with Crippen LogP contribution < -0.4 is 10.2 Å². The Morgan fingerprint density at radius 3 is 2.26 bits per heavy atom. The molecule has 3 rings (SSSR count). The summed E-state index contributed by atoms with van der Waals surface area (Å²) in [6.07, 6.45) is 0.808. The van der Waals surface area contributed by atoms with E-state index in [1.807, 2.05) is 75.9 Å². The van der Waals surface area contributed by atoms with Gasteiger partial charge in [-0.15, -0.1) is 0 Å². The van der Waals surface area contributed by atoms with Crippen molar-refractivity contribution < 1.29 is 14.4 Å². The summed E-state index contributed by atoms with van der Waals surface area (Å²) < 4.78 is 0. The van der Waals surface area contributed by atoms with Crippen LogP contribution in [0.5, 0.6) is 0 Å². The van der Waals surface area contributed by atoms with Crippen LogP contribution in [-0.4, -0.2) is 66.8 Å². The Kier molecular flexibility index (Phi) is 8.90. The molecule has 0 aliphatic carbocycles. The molecule has 35 heavy (non-hydrogen) atoms. The number of rotatable bonds is 7. The van der Waals surface area contributed by atoms with Gasteiger partial charge < -0.3 is 20.0 Å². The van der Waals surface area contributed by atoms with Crippen molar-refractivity contribution in [3.05, 3.63) is 59.2 Å². The van der Waals surface area contributed by atoms with Crippen molar-refractivity contribution in [1.82, 2.24) is 9.80 Å². The molecule has 1 aliphatic heterocycles. The molecule has 1 N–H and O–H groups in total. The van der Waals surface area contributed by atoms with Gasteiger partial charge in [0, 0.05) is 62.1 Å². The fourth-order valence-electron chi connectivity index (χ4n) is 4.27. The van der Waals surface area contributed by atoms with Gasteiger partial charge in [0.15, 0.2) is 0 Å². The molecule has 0 spiro atoms. The van der Waals surface area contributed by atoms with E-state index < -0.39 is 0 Å². The van der Waals surface area contributed by atoms with Gasteiger partial charge in [-0.2, -0.15) is 0 Å². The SMILES string of the molecule is CCN(CC)C(=O)c1cc(NC(=O)C(C)C)ccc1N1CCCN(C(=O)c2ccc(C)cc2)CC1. The minimum atomic E-state index is -0.153. The molecule has 0 aromatic heterocycles. The smallest absolute Gasteiger partial charge is 0.256 e. The number of nitrogens with zero attached hydrogens (tertiary/aromatic N) is 3. The highest BCUT2D eigenvalue weighted by molar-refractivity contribution is 6.02. The van der Waals surface area contributed by atoms with Crippen molar-refractivity contribution >= 4 is 29.1 Å². The number of carbonyl (C=O) groups is 3. The molecule has 0 unspecified atom stereocenters. The zero-order chi connectivity index (χ0) is 25.5. The van der Waals surface area contributed by atoms with Gasteiger partial charge in [-0.05, 0) is 57.5 Å². The first kappa shape index (κ1) is 26.3. The molecule has 0 atom stereocenters. The van der Waals surface area contributed by atoms with Crippen LogP contribution in [0.4, 0.5) is 11.4 Å². The van der Waals surface area contributed by atoms with E-state index >= 15 is 0 Å². The van der Waals surface area contributed by atoms with Crippen LogP contribution in [-0.2, 0) is 4.79 Å². The van der Waals surface area contributed by atoms with Crippen LogP contribution in [0.2, 0.25) is 0 Å². The van der Waals surface area contributed by atoms with E-state index in [2.05, 4.69) is 10.2 Å². The van der Waals surface area contributed by atoms with Crippen molar-refractivity contribution in [2.24, 2.45) is 5.92 Å². The lowest BCUT2D eigenvalue weighted by molar-refractivity contribution is -0.118. The minimum absolute atomic E-state index is 0.0398. The summed E-state index contributed by atoms with van der Waals surface area (Å²) in [6, 6.07) is 13.2. The maximum Gasteiger partial charge on any atom is 0.256 e. The summed E-state index contributed by atoms with van der Waals surface area (Å²) in [5.41, 5.74) is 3.87. The van der Waals surface area contributed by atoms with Crippen LogP contribution >= 0.6 is 0 Å². The van der Waals surface area contributed by atoms with E-state index in [4.69, 9.17) is 0 Å². The molecule has 3 amide bonds. The Morgan fingerprint density at radius 1 is 0.943 bits per heavy atom. The second-order valence-corrected chi connectivity index (χ2v) is 9.35. The van der Waals surface area contributed by atoms with Crippen LogP contribution in [0.1, 0.15) is 60.4 Å². The average molecular weight is 479 g/mol. The van der Waals surface area contributed by atoms with Crippen molar-refractivity contribution in [2.45, 2.75) is 41.0 Å². The van der Waals surface area contributed by atoms with E-state index in [0.717, 1.165) is 24.2 Å². The Morgan fingerprint density at radius 2 is 1.63 bits per heavy atom. The van der Waals surface area contributed by atoms with E-state index in [1.165, 1.54) is 0 Å². The normalized spacial score (nSPS) is 14.0. The van der Waals surface area contributed by atoms with Crippen molar-refractivity contribution in [3.63, 3.8) is 0 Å². The zero-order valence-electron chi connectivity index (χ0n) is 21.6. The number of hydrogen-bond acceptors (Lipinski definition) is 4. The number of carbonyl (C=O) groups excluding carboxylic acids is 3. The van der Waals surface area contributed by atoms with E-state index in [0.29, 0.717) is 49.5 Å². The number of nitrogens with one attached hydrogen (secondary N) is 1. The Bertz CT molecular complexity index is 1040. The fourth-order valence-corrected chi connectivity index (χ4v) is 4.27. The van der Waals surface area contributed by atoms with Gasteiger partial charge in [0.1, 0.15) is 0 Å². The summed E-state index contributed by atoms with van der Waals surface area (Å²) in [7, 11) is 0. The topological polar surface area (TPSA) is 73.0 Å². The van der Waals surface area contributed by atoms with E-state index in [-0.39, 0.29) is 23.6 Å². The molecule has 1 heterocycles. The molecule has 188 valence electrons. The molecule has 1 aliphatic rings. The third-order valence-electron chi connectivity index (χ3n) is 6.49. The van der Waals surface area contributed by atoms with Crippen molar-refractivity contribution in [1.29, 1.82) is 0 Å². The lowest BCUT2D eigenvalue weighted by Gasteiger charge is -2.28. The molecular weight excluding hydrogens is 440 g/mol. The second kappa shape index (κ2) is 11.9. The third kappa shape index (κ3) is 6.41. The Balaban J connectivity index is 1.85. The molecule has 0 radical (unpaired) electrons. The highest BCUT2D eigenvalue weighted by Gasteiger charge is 2.25. The van der Waals surface area contributed by atoms with Gasteiger partial charge in [-0.3, -0.25) is 14.4 Å². The van der Waals surface area contributed by atoms with Gasteiger partial charge in [0.25, 0.3) is 11.8 Å². The Hall–Kier alpha value is -3.35. The first-order valence-electron chi connectivity index (χ1n) is 12.6. The molecule has 1 saturated heterocycles. The second-order valence-electron chi connectivity index (χ2n) is 9.35. The maximum absolute atomic E-state index is 13.4. The van der Waals surface area contributed by atoms with E-state index in [1.54, 1.807) is 11.0 Å². The van der Waals surface area contributed by atoms with Crippen LogP contribution in [0.25, 0.3) is 0 Å². The van der Waals surface area contributed by atoms with Crippen LogP contribution in [0, 0.1) is 12.8 Å². The highest BCUT2D eigenvalue weighted by Crippen LogP contribution is 2.28. The first-order valence-corrected chi connectivity index (χ1v) is 12.6. The van der Waals surface area contributed by atoms with Crippen LogP contribution in [0.3, 0.4) is 0 Å². The maximum atomic E-state index is 13.4. The van der Waals surface area contributed by atoms with Gasteiger partial charge in [0.05, 0.1) is 5.56 Å². The number of anilines is 2. The average Bonchev–Trinajstić information content (AvgIpc) is 3.11. The number of aryl methyl sites for hydroxylation is 1. The van der Waals surface area contributed by atoms with Gasteiger partial charge >= 0.3 is 0 Å². The minimum Gasteiger partial charge on any atom is -0.369 e. The molecule has 7 nitrogen and oxygen atoms in total. The molecule has 2 aromatic carbocycles. The summed E-state index contributed by atoms with van der Waals surface area (Å²) >= 11 is 0. The van der Waals surface area contributed by atoms with E-state index in [9.17, 15) is 14.4 Å². The van der Waals surface area contributed by atoms with Gasteiger partial charge in [-0.25, -0.2) is 0 Å². The zero-order valence-corrected chi connectivity index (χ0v) is 21.6. The lowest BCUT2D eigenvalue weighted by Crippen LogP contribution is -2.36. The largest absolute Gasteiger partial charge is 0.369 e. The predicted octanol–water partition coefficient (Wildman–Crippen LogP) is 4.42. The summed E-state index contributed by atoms with van der Waals surface area (Å²) in [5.74, 6) is -0.251. The molecular formula is C28H38N4O3. The molecule has 0 saturated carbocycles.